The summed E-state index contributed by atoms with van der Waals surface area (Å²) < 4.78 is 10.9. The van der Waals surface area contributed by atoms with E-state index in [-0.39, 0.29) is 23.6 Å². The number of nitrogens with one attached hydrogen (secondary N) is 2. The van der Waals surface area contributed by atoms with E-state index in [1.54, 1.807) is 13.0 Å². The molecule has 0 unspecified atom stereocenters. The molecule has 2 amide bonds. The number of urea groups is 1. The maximum Gasteiger partial charge on any atom is 0.320 e. The van der Waals surface area contributed by atoms with Gasteiger partial charge in [0.1, 0.15) is 5.76 Å². The number of aromatic nitrogens is 1. The molecule has 6 heteroatoms. The Morgan fingerprint density at radius 3 is 2.86 bits per heavy atom. The predicted octanol–water partition coefficient (Wildman–Crippen LogP) is 3.23. The van der Waals surface area contributed by atoms with Crippen molar-refractivity contribution in [3.8, 4) is 0 Å². The Kier molecular flexibility index (Phi) is 4.38. The van der Waals surface area contributed by atoms with Crippen molar-refractivity contribution < 1.29 is 14.1 Å². The van der Waals surface area contributed by atoms with E-state index in [1.807, 2.05) is 6.92 Å². The Bertz CT molecular complexity index is 522. The molecule has 0 radical (unpaired) electrons. The van der Waals surface area contributed by atoms with Gasteiger partial charge in [-0.1, -0.05) is 24.4 Å². The summed E-state index contributed by atoms with van der Waals surface area (Å²) in [6.45, 7) is 4.58. The molecule has 2 aliphatic carbocycles. The first kappa shape index (κ1) is 15.3. The van der Waals surface area contributed by atoms with Crippen LogP contribution in [0.3, 0.4) is 0 Å². The SMILES string of the molecule is CCO[C@H]1C[C@H](NC(=O)Nc2cc(C)on2)C12CCCCC2. The van der Waals surface area contributed by atoms with Crippen molar-refractivity contribution in [3.63, 3.8) is 0 Å². The summed E-state index contributed by atoms with van der Waals surface area (Å²) in [5.41, 5.74) is 0.130. The molecule has 2 fully saturated rings. The molecule has 2 saturated carbocycles. The van der Waals surface area contributed by atoms with Crippen molar-refractivity contribution in [2.75, 3.05) is 11.9 Å². The van der Waals surface area contributed by atoms with Gasteiger partial charge < -0.3 is 14.6 Å². The monoisotopic (exact) mass is 307 g/mol. The number of nitrogens with zero attached hydrogens (tertiary/aromatic N) is 1. The van der Waals surface area contributed by atoms with Crippen LogP contribution < -0.4 is 10.6 Å². The quantitative estimate of drug-likeness (QED) is 0.895. The van der Waals surface area contributed by atoms with Gasteiger partial charge in [0.2, 0.25) is 0 Å². The van der Waals surface area contributed by atoms with Gasteiger partial charge in [0.05, 0.1) is 6.10 Å². The van der Waals surface area contributed by atoms with Gasteiger partial charge in [0.25, 0.3) is 0 Å². The van der Waals surface area contributed by atoms with Crippen LogP contribution in [0.5, 0.6) is 0 Å². The van der Waals surface area contributed by atoms with Crippen molar-refractivity contribution in [2.45, 2.75) is 64.5 Å². The maximum atomic E-state index is 12.2. The highest BCUT2D eigenvalue weighted by molar-refractivity contribution is 5.88. The van der Waals surface area contributed by atoms with Gasteiger partial charge in [-0.25, -0.2) is 4.79 Å². The molecular formula is C16H25N3O3. The van der Waals surface area contributed by atoms with E-state index in [9.17, 15) is 4.79 Å². The molecule has 6 nitrogen and oxygen atoms in total. The van der Waals surface area contributed by atoms with Crippen molar-refractivity contribution in [2.24, 2.45) is 5.41 Å². The van der Waals surface area contributed by atoms with Gasteiger partial charge in [-0.2, -0.15) is 0 Å². The number of ether oxygens (including phenoxy) is 1. The molecule has 22 heavy (non-hydrogen) atoms. The largest absolute Gasteiger partial charge is 0.378 e. The smallest absolute Gasteiger partial charge is 0.320 e. The van der Waals surface area contributed by atoms with Gasteiger partial charge in [0, 0.05) is 24.1 Å². The van der Waals surface area contributed by atoms with Crippen LogP contribution >= 0.6 is 0 Å². The standard InChI is InChI=1S/C16H25N3O3/c1-3-21-13-10-12(16(13)7-5-4-6-8-16)17-15(20)18-14-9-11(2)22-19-14/h9,12-13H,3-8,10H2,1-2H3,(H2,17,18,19,20)/t12-,13-/m0/s1. The topological polar surface area (TPSA) is 76.4 Å². The molecular weight excluding hydrogens is 282 g/mol. The minimum Gasteiger partial charge on any atom is -0.378 e. The zero-order chi connectivity index (χ0) is 15.6. The molecule has 2 aliphatic rings. The van der Waals surface area contributed by atoms with Crippen LogP contribution in [0.1, 0.15) is 51.2 Å². The summed E-state index contributed by atoms with van der Waals surface area (Å²) >= 11 is 0. The molecule has 0 bridgehead atoms. The highest BCUT2D eigenvalue weighted by Gasteiger charge is 2.56. The zero-order valence-corrected chi connectivity index (χ0v) is 13.4. The van der Waals surface area contributed by atoms with E-state index < -0.39 is 0 Å². The third-order valence-electron chi connectivity index (χ3n) is 5.11. The van der Waals surface area contributed by atoms with Gasteiger partial charge in [0.15, 0.2) is 5.82 Å². The number of rotatable bonds is 4. The number of hydrogen-bond acceptors (Lipinski definition) is 4. The lowest BCUT2D eigenvalue weighted by atomic mass is 9.55. The van der Waals surface area contributed by atoms with Crippen LogP contribution in [0.15, 0.2) is 10.6 Å². The van der Waals surface area contributed by atoms with Crippen LogP contribution in [-0.2, 0) is 4.74 Å². The highest BCUT2D eigenvalue weighted by atomic mass is 16.5. The van der Waals surface area contributed by atoms with Crippen molar-refractivity contribution in [1.29, 1.82) is 0 Å². The first-order valence-electron chi connectivity index (χ1n) is 8.26. The van der Waals surface area contributed by atoms with Gasteiger partial charge in [-0.15, -0.1) is 0 Å². The molecule has 2 atom stereocenters. The highest BCUT2D eigenvalue weighted by Crippen LogP contribution is 2.53. The maximum absolute atomic E-state index is 12.2. The zero-order valence-electron chi connectivity index (χ0n) is 13.4. The van der Waals surface area contributed by atoms with Crippen LogP contribution in [0.25, 0.3) is 0 Å². The van der Waals surface area contributed by atoms with Gasteiger partial charge >= 0.3 is 6.03 Å². The van der Waals surface area contributed by atoms with Gasteiger partial charge in [-0.05, 0) is 33.1 Å². The summed E-state index contributed by atoms with van der Waals surface area (Å²) in [7, 11) is 0. The second-order valence-electron chi connectivity index (χ2n) is 6.45. The minimum absolute atomic E-state index is 0.130. The van der Waals surface area contributed by atoms with Crippen LogP contribution in [0.4, 0.5) is 10.6 Å². The first-order valence-corrected chi connectivity index (χ1v) is 8.26. The average Bonchev–Trinajstić information content (AvgIpc) is 2.92. The number of amides is 2. The number of anilines is 1. The fourth-order valence-corrected chi connectivity index (χ4v) is 4.00. The van der Waals surface area contributed by atoms with Crippen molar-refractivity contribution >= 4 is 11.8 Å². The predicted molar refractivity (Wildman–Crippen MR) is 82.7 cm³/mol. The first-order chi connectivity index (χ1) is 10.6. The van der Waals surface area contributed by atoms with Crippen LogP contribution in [0, 0.1) is 12.3 Å². The molecule has 122 valence electrons. The summed E-state index contributed by atoms with van der Waals surface area (Å²) in [6.07, 6.45) is 7.23. The second kappa shape index (κ2) is 6.28. The lowest BCUT2D eigenvalue weighted by molar-refractivity contribution is -0.146. The molecule has 0 saturated heterocycles. The Hall–Kier alpha value is -1.56. The number of hydrogen-bond donors (Lipinski definition) is 2. The fraction of sp³-hybridized carbons (Fsp3) is 0.750. The van der Waals surface area contributed by atoms with E-state index in [0.717, 1.165) is 25.9 Å². The lowest BCUT2D eigenvalue weighted by Gasteiger charge is -2.57. The summed E-state index contributed by atoms with van der Waals surface area (Å²) in [6, 6.07) is 1.69. The molecule has 1 aromatic heterocycles. The van der Waals surface area contributed by atoms with Crippen molar-refractivity contribution in [3.05, 3.63) is 11.8 Å². The summed E-state index contributed by atoms with van der Waals surface area (Å²) in [4.78, 5) is 12.2. The minimum atomic E-state index is -0.210. The average molecular weight is 307 g/mol. The Balaban J connectivity index is 1.60. The third kappa shape index (κ3) is 2.84. The van der Waals surface area contributed by atoms with E-state index in [1.165, 1.54) is 19.3 Å². The van der Waals surface area contributed by atoms with Gasteiger partial charge in [-0.3, -0.25) is 5.32 Å². The molecule has 1 spiro atoms. The van der Waals surface area contributed by atoms with E-state index in [2.05, 4.69) is 15.8 Å². The summed E-state index contributed by atoms with van der Waals surface area (Å²) in [5.74, 6) is 1.13. The summed E-state index contributed by atoms with van der Waals surface area (Å²) in [5, 5.41) is 9.63. The molecule has 2 N–H and O–H groups in total. The van der Waals surface area contributed by atoms with E-state index in [4.69, 9.17) is 9.26 Å². The van der Waals surface area contributed by atoms with Crippen LogP contribution in [0.2, 0.25) is 0 Å². The van der Waals surface area contributed by atoms with E-state index >= 15 is 0 Å². The normalized spacial score (nSPS) is 26.5. The van der Waals surface area contributed by atoms with E-state index in [0.29, 0.717) is 11.6 Å². The Labute approximate surface area is 131 Å². The Morgan fingerprint density at radius 2 is 2.23 bits per heavy atom. The van der Waals surface area contributed by atoms with Crippen LogP contribution in [-0.4, -0.2) is 29.9 Å². The molecule has 1 heterocycles. The number of aryl methyl sites for hydroxylation is 1. The molecule has 3 rings (SSSR count). The molecule has 1 aromatic rings. The Morgan fingerprint density at radius 1 is 1.45 bits per heavy atom. The van der Waals surface area contributed by atoms with Crippen molar-refractivity contribution in [1.82, 2.24) is 10.5 Å². The second-order valence-corrected chi connectivity index (χ2v) is 6.45. The number of carbonyl (C=O) groups excluding carboxylic acids is 1. The molecule has 0 aliphatic heterocycles. The molecule has 0 aromatic carbocycles. The fourth-order valence-electron chi connectivity index (χ4n) is 4.00. The lowest BCUT2D eigenvalue weighted by Crippen LogP contribution is -2.65. The number of carbonyl (C=O) groups is 1. The third-order valence-corrected chi connectivity index (χ3v) is 5.11.